The van der Waals surface area contributed by atoms with E-state index in [-0.39, 0.29) is 42.3 Å². The van der Waals surface area contributed by atoms with Gasteiger partial charge in [-0.3, -0.25) is 19.3 Å². The molecule has 0 saturated carbocycles. The van der Waals surface area contributed by atoms with E-state index in [0.29, 0.717) is 30.2 Å². The van der Waals surface area contributed by atoms with Crippen molar-refractivity contribution in [2.24, 2.45) is 0 Å². The number of aromatic nitrogens is 1. The summed E-state index contributed by atoms with van der Waals surface area (Å²) in [6, 6.07) is -0.0749. The van der Waals surface area contributed by atoms with Gasteiger partial charge >= 0.3 is 0 Å². The second-order valence-corrected chi connectivity index (χ2v) is 9.61. The topological polar surface area (TPSA) is 91.8 Å². The zero-order valence-corrected chi connectivity index (χ0v) is 19.0. The van der Waals surface area contributed by atoms with Crippen molar-refractivity contribution < 1.29 is 19.1 Å². The summed E-state index contributed by atoms with van der Waals surface area (Å²) in [4.78, 5) is 45.4. The predicted octanol–water partition coefficient (Wildman–Crippen LogP) is 2.27. The van der Waals surface area contributed by atoms with Gasteiger partial charge in [-0.2, -0.15) is 0 Å². The Bertz CT molecular complexity index is 807. The van der Waals surface area contributed by atoms with Crippen molar-refractivity contribution in [1.29, 1.82) is 0 Å². The maximum absolute atomic E-state index is 12.8. The first kappa shape index (κ1) is 22.2. The van der Waals surface area contributed by atoms with E-state index in [2.05, 4.69) is 10.3 Å². The van der Waals surface area contributed by atoms with Gasteiger partial charge in [0, 0.05) is 44.0 Å². The van der Waals surface area contributed by atoms with Gasteiger partial charge in [0.25, 0.3) is 0 Å². The molecule has 1 aromatic heterocycles. The van der Waals surface area contributed by atoms with Crippen LogP contribution >= 0.6 is 11.3 Å². The van der Waals surface area contributed by atoms with E-state index >= 15 is 0 Å². The molecule has 3 amide bonds. The van der Waals surface area contributed by atoms with Crippen molar-refractivity contribution in [2.45, 2.75) is 82.9 Å². The van der Waals surface area contributed by atoms with E-state index < -0.39 is 0 Å². The minimum Gasteiger partial charge on any atom is -0.378 e. The number of nitrogens with zero attached hydrogens (tertiary/aromatic N) is 3. The third kappa shape index (κ3) is 5.44. The van der Waals surface area contributed by atoms with Crippen LogP contribution in [0.25, 0.3) is 0 Å². The number of rotatable bonds is 8. The Hall–Kier alpha value is -2.00. The first-order valence-electron chi connectivity index (χ1n) is 11.5. The first-order chi connectivity index (χ1) is 15.0. The standard InChI is InChI=1S/C22H32N4O4S/c1-15(18-6-2-10-25(18)21(29)9-8-17-5-4-12-30-17)23-19(27)13-16-14-31-22(24-16)26-11-3-7-20(26)28/h14-15,17-18H,2-13H2,1H3,(H,23,27)/t15?,17?,18-/m0/s1. The van der Waals surface area contributed by atoms with Gasteiger partial charge in [-0.25, -0.2) is 4.98 Å². The quantitative estimate of drug-likeness (QED) is 0.659. The van der Waals surface area contributed by atoms with E-state index in [1.807, 2.05) is 17.2 Å². The molecule has 3 saturated heterocycles. The average molecular weight is 449 g/mol. The van der Waals surface area contributed by atoms with Crippen LogP contribution in [0.5, 0.6) is 0 Å². The number of nitrogens with one attached hydrogen (secondary N) is 1. The number of hydrogen-bond acceptors (Lipinski definition) is 6. The molecule has 0 radical (unpaired) electrons. The van der Waals surface area contributed by atoms with Crippen LogP contribution in [-0.4, -0.2) is 65.5 Å². The Morgan fingerprint density at radius 3 is 2.90 bits per heavy atom. The molecule has 0 aromatic carbocycles. The molecule has 8 nitrogen and oxygen atoms in total. The number of likely N-dealkylation sites (tertiary alicyclic amines) is 1. The Morgan fingerprint density at radius 2 is 2.16 bits per heavy atom. The highest BCUT2D eigenvalue weighted by molar-refractivity contribution is 7.14. The summed E-state index contributed by atoms with van der Waals surface area (Å²) in [5, 5.41) is 5.59. The largest absolute Gasteiger partial charge is 0.378 e. The second-order valence-electron chi connectivity index (χ2n) is 8.77. The number of ether oxygens (including phenoxy) is 1. The van der Waals surface area contributed by atoms with Gasteiger partial charge in [-0.15, -0.1) is 11.3 Å². The highest BCUT2D eigenvalue weighted by Gasteiger charge is 2.33. The van der Waals surface area contributed by atoms with Crippen LogP contribution in [0, 0.1) is 0 Å². The highest BCUT2D eigenvalue weighted by Crippen LogP contribution is 2.26. The third-order valence-electron chi connectivity index (χ3n) is 6.48. The molecule has 3 atom stereocenters. The second kappa shape index (κ2) is 10.1. The molecule has 4 rings (SSSR count). The molecular formula is C22H32N4O4S. The first-order valence-corrected chi connectivity index (χ1v) is 12.3. The third-order valence-corrected chi connectivity index (χ3v) is 7.39. The van der Waals surface area contributed by atoms with Crippen LogP contribution in [0.15, 0.2) is 5.38 Å². The Balaban J connectivity index is 1.26. The molecule has 31 heavy (non-hydrogen) atoms. The fourth-order valence-corrected chi connectivity index (χ4v) is 5.71. The lowest BCUT2D eigenvalue weighted by Gasteiger charge is -2.30. The number of amides is 3. The number of carbonyl (C=O) groups excluding carboxylic acids is 3. The Labute approximate surface area is 187 Å². The number of carbonyl (C=O) groups is 3. The molecule has 0 spiro atoms. The highest BCUT2D eigenvalue weighted by atomic mass is 32.1. The molecule has 3 aliphatic rings. The van der Waals surface area contributed by atoms with Crippen LogP contribution in [0.3, 0.4) is 0 Å². The number of thiazole rings is 1. The number of hydrogen-bond donors (Lipinski definition) is 1. The fraction of sp³-hybridized carbons (Fsp3) is 0.727. The summed E-state index contributed by atoms with van der Waals surface area (Å²) in [5.74, 6) is 0.165. The van der Waals surface area contributed by atoms with Crippen molar-refractivity contribution in [1.82, 2.24) is 15.2 Å². The molecule has 3 aliphatic heterocycles. The van der Waals surface area contributed by atoms with Crippen LogP contribution < -0.4 is 10.2 Å². The molecule has 3 fully saturated rings. The molecule has 0 aliphatic carbocycles. The monoisotopic (exact) mass is 448 g/mol. The lowest BCUT2D eigenvalue weighted by molar-refractivity contribution is -0.134. The van der Waals surface area contributed by atoms with E-state index in [9.17, 15) is 14.4 Å². The minimum atomic E-state index is -0.111. The van der Waals surface area contributed by atoms with Gasteiger partial charge in [0.15, 0.2) is 5.13 Å². The molecule has 9 heteroatoms. The van der Waals surface area contributed by atoms with E-state index in [0.717, 1.165) is 51.7 Å². The molecule has 0 bridgehead atoms. The van der Waals surface area contributed by atoms with Crippen molar-refractivity contribution in [3.8, 4) is 0 Å². The van der Waals surface area contributed by atoms with Gasteiger partial charge in [0.1, 0.15) is 0 Å². The van der Waals surface area contributed by atoms with E-state index in [1.165, 1.54) is 11.3 Å². The van der Waals surface area contributed by atoms with Gasteiger partial charge in [0.2, 0.25) is 17.7 Å². The van der Waals surface area contributed by atoms with Gasteiger partial charge in [-0.1, -0.05) is 0 Å². The smallest absolute Gasteiger partial charge is 0.228 e. The summed E-state index contributed by atoms with van der Waals surface area (Å²) in [6.45, 7) is 4.24. The summed E-state index contributed by atoms with van der Waals surface area (Å²) in [7, 11) is 0. The lowest BCUT2D eigenvalue weighted by Crippen LogP contribution is -2.49. The number of anilines is 1. The molecule has 2 unspecified atom stereocenters. The average Bonchev–Trinajstić information content (AvgIpc) is 3.52. The molecule has 4 heterocycles. The summed E-state index contributed by atoms with van der Waals surface area (Å²) in [6.07, 6.45) is 7.14. The van der Waals surface area contributed by atoms with E-state index in [1.54, 1.807) is 4.90 Å². The predicted molar refractivity (Wildman–Crippen MR) is 118 cm³/mol. The van der Waals surface area contributed by atoms with E-state index in [4.69, 9.17) is 4.74 Å². The molecule has 170 valence electrons. The summed E-state index contributed by atoms with van der Waals surface area (Å²) < 4.78 is 5.64. The van der Waals surface area contributed by atoms with Crippen LogP contribution in [0.1, 0.15) is 64.0 Å². The van der Waals surface area contributed by atoms with Gasteiger partial charge in [0.05, 0.1) is 24.3 Å². The molecule has 1 aromatic rings. The minimum absolute atomic E-state index is 0.0363. The summed E-state index contributed by atoms with van der Waals surface area (Å²) >= 11 is 1.41. The lowest BCUT2D eigenvalue weighted by atomic mass is 10.1. The van der Waals surface area contributed by atoms with Gasteiger partial charge < -0.3 is 15.0 Å². The van der Waals surface area contributed by atoms with Crippen molar-refractivity contribution in [3.05, 3.63) is 11.1 Å². The summed E-state index contributed by atoms with van der Waals surface area (Å²) in [5.41, 5.74) is 0.681. The zero-order valence-electron chi connectivity index (χ0n) is 18.2. The maximum Gasteiger partial charge on any atom is 0.228 e. The Morgan fingerprint density at radius 1 is 1.29 bits per heavy atom. The fourth-order valence-electron chi connectivity index (χ4n) is 4.84. The zero-order chi connectivity index (χ0) is 21.8. The van der Waals surface area contributed by atoms with Crippen molar-refractivity contribution in [3.63, 3.8) is 0 Å². The normalized spacial score (nSPS) is 24.7. The van der Waals surface area contributed by atoms with Crippen LogP contribution in [-0.2, 0) is 25.5 Å². The van der Waals surface area contributed by atoms with Crippen LogP contribution in [0.4, 0.5) is 5.13 Å². The maximum atomic E-state index is 12.8. The van der Waals surface area contributed by atoms with Crippen molar-refractivity contribution >= 4 is 34.2 Å². The SMILES string of the molecule is CC(NC(=O)Cc1csc(N2CCCC2=O)n1)[C@@H]1CCCN1C(=O)CCC1CCCO1. The van der Waals surface area contributed by atoms with Crippen molar-refractivity contribution in [2.75, 3.05) is 24.6 Å². The molecule has 1 N–H and O–H groups in total. The van der Waals surface area contributed by atoms with Crippen LogP contribution in [0.2, 0.25) is 0 Å². The Kier molecular flexibility index (Phi) is 7.22. The molecular weight excluding hydrogens is 416 g/mol. The van der Waals surface area contributed by atoms with Gasteiger partial charge in [-0.05, 0) is 45.4 Å².